The van der Waals surface area contributed by atoms with Gasteiger partial charge in [0.05, 0.1) is 16.0 Å². The first kappa shape index (κ1) is 14.2. The molecule has 0 spiro atoms. The van der Waals surface area contributed by atoms with Gasteiger partial charge in [0, 0.05) is 17.2 Å². The second kappa shape index (κ2) is 4.39. The lowest BCUT2D eigenvalue weighted by molar-refractivity contribution is 0.0973. The van der Waals surface area contributed by atoms with Gasteiger partial charge in [0.25, 0.3) is 0 Å². The van der Waals surface area contributed by atoms with Crippen molar-refractivity contribution in [1.29, 1.82) is 0 Å². The van der Waals surface area contributed by atoms with Crippen molar-refractivity contribution in [3.8, 4) is 11.5 Å². The minimum absolute atomic E-state index is 0.00925. The van der Waals surface area contributed by atoms with E-state index in [-0.39, 0.29) is 11.1 Å². The van der Waals surface area contributed by atoms with Gasteiger partial charge in [0.15, 0.2) is 23.1 Å². The number of carbonyl (C=O) groups is 2. The van der Waals surface area contributed by atoms with Gasteiger partial charge >= 0.3 is 0 Å². The number of ketones is 2. The van der Waals surface area contributed by atoms with E-state index in [2.05, 4.69) is 0 Å². The summed E-state index contributed by atoms with van der Waals surface area (Å²) < 4.78 is 23.3. The molecule has 0 unspecified atom stereocenters. The molecule has 112 valence electrons. The zero-order valence-electron chi connectivity index (χ0n) is 10.9. The Morgan fingerprint density at radius 1 is 0.909 bits per heavy atom. The van der Waals surface area contributed by atoms with Gasteiger partial charge in [-0.2, -0.15) is 0 Å². The summed E-state index contributed by atoms with van der Waals surface area (Å²) in [6, 6.07) is 6.44. The Kier molecular flexibility index (Phi) is 2.84. The second-order valence-electron chi connectivity index (χ2n) is 4.74. The molecule has 0 bridgehead atoms. The van der Waals surface area contributed by atoms with Gasteiger partial charge in [-0.05, 0) is 0 Å². The molecule has 0 radical (unpaired) electrons. The highest BCUT2D eigenvalue weighted by Crippen LogP contribution is 2.41. The molecule has 0 saturated carbocycles. The molecular formula is C14H9NO6S. The fraction of sp³-hybridized carbons (Fsp3) is 0. The van der Waals surface area contributed by atoms with Crippen molar-refractivity contribution in [2.75, 3.05) is 0 Å². The normalized spacial score (nSPS) is 13.7. The van der Waals surface area contributed by atoms with Crippen LogP contribution in [0.1, 0.15) is 31.8 Å². The zero-order chi connectivity index (χ0) is 16.2. The maximum Gasteiger partial charge on any atom is 0.238 e. The van der Waals surface area contributed by atoms with E-state index >= 15 is 0 Å². The first-order valence-electron chi connectivity index (χ1n) is 6.03. The highest BCUT2D eigenvalue weighted by molar-refractivity contribution is 7.89. The van der Waals surface area contributed by atoms with Crippen LogP contribution in [0.15, 0.2) is 35.2 Å². The van der Waals surface area contributed by atoms with E-state index in [0.29, 0.717) is 6.07 Å². The molecular weight excluding hydrogens is 310 g/mol. The summed E-state index contributed by atoms with van der Waals surface area (Å²) in [5.74, 6) is -3.22. The Bertz CT molecular complexity index is 962. The summed E-state index contributed by atoms with van der Waals surface area (Å²) in [6.07, 6.45) is 0. The average Bonchev–Trinajstić information content (AvgIpc) is 2.46. The molecule has 0 saturated heterocycles. The molecule has 2 aromatic carbocycles. The Hall–Kier alpha value is -2.71. The number of phenols is 2. The van der Waals surface area contributed by atoms with Crippen LogP contribution in [0.3, 0.4) is 0 Å². The largest absolute Gasteiger partial charge is 0.504 e. The predicted octanol–water partition coefficient (Wildman–Crippen LogP) is 0.521. The van der Waals surface area contributed by atoms with E-state index in [1.165, 1.54) is 24.3 Å². The van der Waals surface area contributed by atoms with E-state index in [0.717, 1.165) is 0 Å². The fourth-order valence-corrected chi connectivity index (χ4v) is 3.21. The number of hydrogen-bond donors (Lipinski definition) is 3. The third-order valence-corrected chi connectivity index (χ3v) is 4.36. The fourth-order valence-electron chi connectivity index (χ4n) is 2.45. The second-order valence-corrected chi connectivity index (χ2v) is 6.27. The third kappa shape index (κ3) is 1.81. The standard InChI is InChI=1S/C14H9NO6S/c15-22(20,21)9-5-8(16)14(19)11-10(9)12(17)6-3-1-2-4-7(6)13(11)18/h1-5,16,19H,(H2,15,20,21). The molecule has 8 heteroatoms. The van der Waals surface area contributed by atoms with Gasteiger partial charge in [0.2, 0.25) is 10.0 Å². The molecule has 0 fully saturated rings. The maximum atomic E-state index is 12.5. The molecule has 1 aliphatic carbocycles. The summed E-state index contributed by atoms with van der Waals surface area (Å²) in [5, 5.41) is 24.6. The number of carbonyl (C=O) groups excluding carboxylic acids is 2. The van der Waals surface area contributed by atoms with E-state index < -0.39 is 49.1 Å². The summed E-state index contributed by atoms with van der Waals surface area (Å²) in [5.41, 5.74) is -1.06. The number of phenolic OH excluding ortho intramolecular Hbond substituents is 2. The van der Waals surface area contributed by atoms with Crippen molar-refractivity contribution in [3.05, 3.63) is 52.6 Å². The first-order valence-corrected chi connectivity index (χ1v) is 7.58. The number of fused-ring (bicyclic) bond motifs is 2. The van der Waals surface area contributed by atoms with Crippen LogP contribution in [0.5, 0.6) is 11.5 Å². The van der Waals surface area contributed by atoms with Gasteiger partial charge in [0.1, 0.15) is 0 Å². The van der Waals surface area contributed by atoms with Crippen LogP contribution in [0.4, 0.5) is 0 Å². The van der Waals surface area contributed by atoms with Crippen LogP contribution in [0.25, 0.3) is 0 Å². The number of hydrogen-bond acceptors (Lipinski definition) is 6. The number of aromatic hydroxyl groups is 2. The molecule has 3 rings (SSSR count). The molecule has 0 atom stereocenters. The van der Waals surface area contributed by atoms with Crippen LogP contribution in [0.2, 0.25) is 0 Å². The van der Waals surface area contributed by atoms with Crippen molar-refractivity contribution in [1.82, 2.24) is 0 Å². The number of sulfonamides is 1. The van der Waals surface area contributed by atoms with Gasteiger partial charge in [-0.15, -0.1) is 0 Å². The lowest BCUT2D eigenvalue weighted by Gasteiger charge is -2.20. The Balaban J connectivity index is 2.50. The van der Waals surface area contributed by atoms with Gasteiger partial charge < -0.3 is 10.2 Å². The lowest BCUT2D eigenvalue weighted by Crippen LogP contribution is -2.25. The van der Waals surface area contributed by atoms with Crippen molar-refractivity contribution < 1.29 is 28.2 Å². The van der Waals surface area contributed by atoms with Gasteiger partial charge in [-0.1, -0.05) is 24.3 Å². The van der Waals surface area contributed by atoms with Crippen LogP contribution < -0.4 is 5.14 Å². The first-order chi connectivity index (χ1) is 10.2. The Morgan fingerprint density at radius 3 is 1.91 bits per heavy atom. The van der Waals surface area contributed by atoms with E-state index in [9.17, 15) is 28.2 Å². The topological polar surface area (TPSA) is 135 Å². The number of rotatable bonds is 1. The van der Waals surface area contributed by atoms with Crippen LogP contribution >= 0.6 is 0 Å². The minimum atomic E-state index is -4.39. The molecule has 4 N–H and O–H groups in total. The summed E-state index contributed by atoms with van der Waals surface area (Å²) >= 11 is 0. The number of nitrogens with two attached hydrogens (primary N) is 1. The average molecular weight is 319 g/mol. The number of benzene rings is 2. The predicted molar refractivity (Wildman–Crippen MR) is 74.5 cm³/mol. The smallest absolute Gasteiger partial charge is 0.238 e. The zero-order valence-corrected chi connectivity index (χ0v) is 11.7. The van der Waals surface area contributed by atoms with E-state index in [1.807, 2.05) is 0 Å². The molecule has 0 aliphatic heterocycles. The maximum absolute atomic E-state index is 12.5. The highest BCUT2D eigenvalue weighted by atomic mass is 32.2. The molecule has 0 heterocycles. The molecule has 0 amide bonds. The number of primary sulfonamides is 1. The molecule has 22 heavy (non-hydrogen) atoms. The SMILES string of the molecule is NS(=O)(=O)c1cc(O)c(O)c2c1C(=O)c1ccccc1C2=O. The molecule has 0 aromatic heterocycles. The molecule has 2 aromatic rings. The van der Waals surface area contributed by atoms with Crippen LogP contribution in [-0.2, 0) is 10.0 Å². The van der Waals surface area contributed by atoms with Crippen LogP contribution in [-0.4, -0.2) is 30.2 Å². The minimum Gasteiger partial charge on any atom is -0.504 e. The van der Waals surface area contributed by atoms with Crippen molar-refractivity contribution in [2.24, 2.45) is 5.14 Å². The van der Waals surface area contributed by atoms with Crippen molar-refractivity contribution in [2.45, 2.75) is 4.90 Å². The summed E-state index contributed by atoms with van der Waals surface area (Å²) in [4.78, 5) is 24.3. The molecule has 1 aliphatic rings. The van der Waals surface area contributed by atoms with Crippen molar-refractivity contribution in [3.63, 3.8) is 0 Å². The Morgan fingerprint density at radius 2 is 1.41 bits per heavy atom. The van der Waals surface area contributed by atoms with E-state index in [4.69, 9.17) is 5.14 Å². The van der Waals surface area contributed by atoms with Gasteiger partial charge in [-0.25, -0.2) is 13.6 Å². The van der Waals surface area contributed by atoms with Crippen LogP contribution in [0, 0.1) is 0 Å². The Labute approximate surface area is 124 Å². The summed E-state index contributed by atoms with van der Waals surface area (Å²) in [6.45, 7) is 0. The quantitative estimate of drug-likeness (QED) is 0.560. The van der Waals surface area contributed by atoms with E-state index in [1.54, 1.807) is 0 Å². The van der Waals surface area contributed by atoms with Crippen molar-refractivity contribution >= 4 is 21.6 Å². The third-order valence-electron chi connectivity index (χ3n) is 3.42. The summed E-state index contributed by atoms with van der Waals surface area (Å²) in [7, 11) is -4.39. The monoisotopic (exact) mass is 319 g/mol. The highest BCUT2D eigenvalue weighted by Gasteiger charge is 2.37. The van der Waals surface area contributed by atoms with Gasteiger partial charge in [-0.3, -0.25) is 9.59 Å². The molecule has 7 nitrogen and oxygen atoms in total. The lowest BCUT2D eigenvalue weighted by atomic mass is 9.83.